The van der Waals surface area contributed by atoms with Gasteiger partial charge in [0, 0.05) is 5.02 Å². The van der Waals surface area contributed by atoms with Crippen LogP contribution in [-0.2, 0) is 19.6 Å². The zero-order valence-corrected chi connectivity index (χ0v) is 20.3. The molecule has 3 aromatic rings. The first-order valence-electron chi connectivity index (χ1n) is 10.3. The molecule has 0 aliphatic rings. The highest BCUT2D eigenvalue weighted by Gasteiger charge is 2.27. The number of benzene rings is 3. The predicted octanol–water partition coefficient (Wildman–Crippen LogP) is 2.86. The minimum atomic E-state index is -4.06. The number of ether oxygens (including phenoxy) is 1. The Morgan fingerprint density at radius 2 is 1.77 bits per heavy atom. The summed E-state index contributed by atoms with van der Waals surface area (Å²) in [6, 6.07) is 19.1. The lowest BCUT2D eigenvalue weighted by atomic mass is 10.2. The predicted molar refractivity (Wildman–Crippen MR) is 134 cm³/mol. The number of primary amides is 1. The molecule has 0 aliphatic carbocycles. The molecule has 3 N–H and O–H groups in total. The van der Waals surface area contributed by atoms with Crippen LogP contribution in [0.15, 0.2) is 82.8 Å². The molecule has 182 valence electrons. The monoisotopic (exact) mass is 514 g/mol. The smallest absolute Gasteiger partial charge is 0.264 e. The van der Waals surface area contributed by atoms with Crippen molar-refractivity contribution in [1.82, 2.24) is 5.43 Å². The molecule has 0 spiro atoms. The first-order valence-corrected chi connectivity index (χ1v) is 12.1. The number of hydrogen-bond donors (Lipinski definition) is 2. The Hall–Kier alpha value is -3.89. The molecule has 0 aromatic heterocycles. The number of nitrogens with one attached hydrogen (secondary N) is 1. The highest BCUT2D eigenvalue weighted by Crippen LogP contribution is 2.26. The van der Waals surface area contributed by atoms with Crippen LogP contribution in [0.4, 0.5) is 5.69 Å². The van der Waals surface area contributed by atoms with Gasteiger partial charge in [-0.2, -0.15) is 5.10 Å². The van der Waals surface area contributed by atoms with Crippen LogP contribution in [-0.4, -0.2) is 39.6 Å². The number of aryl methyl sites for hydroxylation is 1. The van der Waals surface area contributed by atoms with E-state index in [-0.39, 0.29) is 17.2 Å². The maximum Gasteiger partial charge on any atom is 0.264 e. The third-order valence-corrected chi connectivity index (χ3v) is 6.68. The Morgan fingerprint density at radius 1 is 1.09 bits per heavy atom. The fourth-order valence-corrected chi connectivity index (χ4v) is 4.53. The summed E-state index contributed by atoms with van der Waals surface area (Å²) in [6.07, 6.45) is 1.38. The van der Waals surface area contributed by atoms with Crippen molar-refractivity contribution in [2.45, 2.75) is 11.8 Å². The molecule has 0 saturated heterocycles. The number of rotatable bonds is 10. The standard InChI is InChI=1S/C24H23ClN4O5S/c1-17-5-11-22(12-6-17)35(32,33)29(20-4-2-3-19(25)13-20)15-24(31)28-27-14-18-7-9-21(10-8-18)34-16-23(26)30/h2-14H,15-16H2,1H3,(H2,26,30)(H,28,31)/b27-14+. The first-order chi connectivity index (χ1) is 16.6. The summed E-state index contributed by atoms with van der Waals surface area (Å²) < 4.78 is 32.8. The van der Waals surface area contributed by atoms with Crippen LogP contribution >= 0.6 is 11.6 Å². The van der Waals surface area contributed by atoms with Gasteiger partial charge in [-0.25, -0.2) is 13.8 Å². The van der Waals surface area contributed by atoms with Crippen LogP contribution in [0.1, 0.15) is 11.1 Å². The summed E-state index contributed by atoms with van der Waals surface area (Å²) in [5.74, 6) is -0.795. The van der Waals surface area contributed by atoms with E-state index in [1.807, 2.05) is 6.92 Å². The van der Waals surface area contributed by atoms with E-state index in [1.165, 1.54) is 24.4 Å². The van der Waals surface area contributed by atoms with Gasteiger partial charge in [-0.1, -0.05) is 35.4 Å². The Bertz CT molecular complexity index is 1330. The molecule has 0 fully saturated rings. The third kappa shape index (κ3) is 7.29. The van der Waals surface area contributed by atoms with Crippen molar-refractivity contribution in [2.24, 2.45) is 10.8 Å². The van der Waals surface area contributed by atoms with Crippen LogP contribution in [0.25, 0.3) is 0 Å². The van der Waals surface area contributed by atoms with Gasteiger partial charge in [0.25, 0.3) is 21.8 Å². The topological polar surface area (TPSA) is 131 Å². The van der Waals surface area contributed by atoms with E-state index < -0.39 is 28.4 Å². The lowest BCUT2D eigenvalue weighted by molar-refractivity contribution is -0.120. The molecule has 0 unspecified atom stereocenters. The summed E-state index contributed by atoms with van der Waals surface area (Å²) >= 11 is 6.06. The van der Waals surface area contributed by atoms with E-state index >= 15 is 0 Å². The second kappa shape index (κ2) is 11.5. The second-order valence-electron chi connectivity index (χ2n) is 7.42. The van der Waals surface area contributed by atoms with Gasteiger partial charge in [0.2, 0.25) is 0 Å². The van der Waals surface area contributed by atoms with Gasteiger partial charge >= 0.3 is 0 Å². The third-order valence-electron chi connectivity index (χ3n) is 4.66. The first kappa shape index (κ1) is 25.7. The number of carbonyl (C=O) groups is 2. The molecular weight excluding hydrogens is 492 g/mol. The van der Waals surface area contributed by atoms with Crippen molar-refractivity contribution >= 4 is 45.3 Å². The zero-order valence-electron chi connectivity index (χ0n) is 18.7. The van der Waals surface area contributed by atoms with Gasteiger partial charge in [-0.05, 0) is 67.1 Å². The average molecular weight is 515 g/mol. The normalized spacial score (nSPS) is 11.3. The molecule has 3 aromatic carbocycles. The van der Waals surface area contributed by atoms with Crippen molar-refractivity contribution in [3.63, 3.8) is 0 Å². The number of sulfonamides is 1. The Kier molecular flexibility index (Phi) is 8.45. The number of nitrogens with zero attached hydrogens (tertiary/aromatic N) is 2. The maximum absolute atomic E-state index is 13.3. The van der Waals surface area contributed by atoms with Crippen molar-refractivity contribution in [2.75, 3.05) is 17.5 Å². The minimum Gasteiger partial charge on any atom is -0.484 e. The van der Waals surface area contributed by atoms with Gasteiger partial charge in [0.15, 0.2) is 6.61 Å². The van der Waals surface area contributed by atoms with Gasteiger partial charge in [0.1, 0.15) is 12.3 Å². The fourth-order valence-electron chi connectivity index (χ4n) is 2.93. The molecule has 9 nitrogen and oxygen atoms in total. The van der Waals surface area contributed by atoms with Crippen LogP contribution in [0.2, 0.25) is 5.02 Å². The molecule has 11 heteroatoms. The molecule has 0 aliphatic heterocycles. The number of halogens is 1. The Labute approximate surface area is 208 Å². The molecule has 0 bridgehead atoms. The van der Waals surface area contributed by atoms with Gasteiger partial charge in [-0.15, -0.1) is 0 Å². The van der Waals surface area contributed by atoms with Crippen molar-refractivity contribution in [3.8, 4) is 5.75 Å². The van der Waals surface area contributed by atoms with Crippen LogP contribution in [0, 0.1) is 6.92 Å². The number of hydrogen-bond acceptors (Lipinski definition) is 6. The Balaban J connectivity index is 1.73. The molecule has 2 amide bonds. The fraction of sp³-hybridized carbons (Fsp3) is 0.125. The number of amides is 2. The summed E-state index contributed by atoms with van der Waals surface area (Å²) in [6.45, 7) is 1.09. The van der Waals surface area contributed by atoms with Crippen molar-refractivity contribution in [3.05, 3.63) is 88.9 Å². The molecule has 3 rings (SSSR count). The second-order valence-corrected chi connectivity index (χ2v) is 9.72. The van der Waals surface area contributed by atoms with E-state index in [9.17, 15) is 18.0 Å². The molecule has 0 saturated carbocycles. The van der Waals surface area contributed by atoms with Crippen LogP contribution < -0.4 is 20.2 Å². The van der Waals surface area contributed by atoms with Gasteiger partial charge in [0.05, 0.1) is 16.8 Å². The van der Waals surface area contributed by atoms with Crippen LogP contribution in [0.3, 0.4) is 0 Å². The van der Waals surface area contributed by atoms with E-state index in [1.54, 1.807) is 54.6 Å². The van der Waals surface area contributed by atoms with E-state index in [0.717, 1.165) is 9.87 Å². The van der Waals surface area contributed by atoms with Crippen molar-refractivity contribution in [1.29, 1.82) is 0 Å². The molecule has 35 heavy (non-hydrogen) atoms. The number of nitrogens with two attached hydrogens (primary N) is 1. The van der Waals surface area contributed by atoms with Crippen LogP contribution in [0.5, 0.6) is 5.75 Å². The summed E-state index contributed by atoms with van der Waals surface area (Å²) in [4.78, 5) is 23.4. The van der Waals surface area contributed by atoms with E-state index in [2.05, 4.69) is 10.5 Å². The molecule has 0 radical (unpaired) electrons. The van der Waals surface area contributed by atoms with E-state index in [0.29, 0.717) is 16.3 Å². The highest BCUT2D eigenvalue weighted by molar-refractivity contribution is 7.92. The number of anilines is 1. The summed E-state index contributed by atoms with van der Waals surface area (Å²) in [7, 11) is -4.06. The summed E-state index contributed by atoms with van der Waals surface area (Å²) in [5.41, 5.74) is 9.14. The number of hydrazone groups is 1. The molecule has 0 heterocycles. The quantitative estimate of drug-likeness (QED) is 0.317. The lowest BCUT2D eigenvalue weighted by Crippen LogP contribution is -2.39. The largest absolute Gasteiger partial charge is 0.484 e. The zero-order chi connectivity index (χ0) is 25.4. The van der Waals surface area contributed by atoms with Crippen molar-refractivity contribution < 1.29 is 22.7 Å². The SMILES string of the molecule is Cc1ccc(S(=O)(=O)N(CC(=O)N/N=C/c2ccc(OCC(N)=O)cc2)c2cccc(Cl)c2)cc1. The molecular formula is C24H23ClN4O5S. The van der Waals surface area contributed by atoms with Gasteiger partial charge in [-0.3, -0.25) is 13.9 Å². The summed E-state index contributed by atoms with van der Waals surface area (Å²) in [5, 5.41) is 4.22. The number of carbonyl (C=O) groups excluding carboxylic acids is 2. The average Bonchev–Trinajstić information content (AvgIpc) is 2.82. The van der Waals surface area contributed by atoms with Gasteiger partial charge < -0.3 is 10.5 Å². The maximum atomic E-state index is 13.3. The lowest BCUT2D eigenvalue weighted by Gasteiger charge is -2.24. The molecule has 0 atom stereocenters. The van der Waals surface area contributed by atoms with E-state index in [4.69, 9.17) is 22.1 Å². The Morgan fingerprint density at radius 3 is 2.40 bits per heavy atom. The highest BCUT2D eigenvalue weighted by atomic mass is 35.5. The minimum absolute atomic E-state index is 0.0398.